The number of rotatable bonds is 2. The van der Waals surface area contributed by atoms with Gasteiger partial charge in [-0.3, -0.25) is 0 Å². The standard InChI is InChI=1S/C17H18ClN/c1-17(2,3)15(12-6-4-5-7-12)16(19)13-8-10-14(18)11-9-13/h4-6,8-11H,19H2,1-3H3/b16-15-. The Morgan fingerprint density at radius 3 is 2.26 bits per heavy atom. The molecule has 1 aromatic carbocycles. The molecule has 0 amide bonds. The highest BCUT2D eigenvalue weighted by Gasteiger charge is 2.24. The maximum Gasteiger partial charge on any atom is 0.0437 e. The number of hydrogen-bond acceptors (Lipinski definition) is 1. The SMILES string of the molecule is CC(C)(C)/C(C1=C=CC=C1)=C(\N)c1ccc(Cl)cc1. The van der Waals surface area contributed by atoms with Crippen LogP contribution < -0.4 is 5.73 Å². The van der Waals surface area contributed by atoms with Crippen LogP contribution in [0.3, 0.4) is 0 Å². The van der Waals surface area contributed by atoms with Crippen LogP contribution in [0, 0.1) is 5.41 Å². The molecule has 2 heteroatoms. The summed E-state index contributed by atoms with van der Waals surface area (Å²) in [5, 5.41) is 0.716. The second kappa shape index (κ2) is 5.13. The number of benzene rings is 1. The van der Waals surface area contributed by atoms with Crippen molar-refractivity contribution in [1.29, 1.82) is 0 Å². The van der Waals surface area contributed by atoms with Gasteiger partial charge in [0.2, 0.25) is 0 Å². The van der Waals surface area contributed by atoms with Crippen LogP contribution in [0.4, 0.5) is 0 Å². The first kappa shape index (κ1) is 13.7. The Morgan fingerprint density at radius 2 is 1.79 bits per heavy atom. The van der Waals surface area contributed by atoms with E-state index < -0.39 is 0 Å². The molecule has 0 fully saturated rings. The maximum atomic E-state index is 6.38. The molecule has 2 rings (SSSR count). The fourth-order valence-electron chi connectivity index (χ4n) is 2.21. The van der Waals surface area contributed by atoms with E-state index in [0.717, 1.165) is 22.4 Å². The van der Waals surface area contributed by atoms with Gasteiger partial charge in [0.1, 0.15) is 0 Å². The molecule has 2 N–H and O–H groups in total. The average Bonchev–Trinajstić information content (AvgIpc) is 2.81. The van der Waals surface area contributed by atoms with Crippen LogP contribution in [0.2, 0.25) is 5.02 Å². The van der Waals surface area contributed by atoms with E-state index in [1.54, 1.807) is 0 Å². The highest BCUT2D eigenvalue weighted by atomic mass is 35.5. The summed E-state index contributed by atoms with van der Waals surface area (Å²) in [4.78, 5) is 0. The number of nitrogens with two attached hydrogens (primary N) is 1. The Labute approximate surface area is 119 Å². The van der Waals surface area contributed by atoms with Gasteiger partial charge in [0.15, 0.2) is 0 Å². The molecule has 0 saturated carbocycles. The summed E-state index contributed by atoms with van der Waals surface area (Å²) in [6, 6.07) is 7.62. The smallest absolute Gasteiger partial charge is 0.0437 e. The minimum Gasteiger partial charge on any atom is -0.398 e. The topological polar surface area (TPSA) is 26.0 Å². The average molecular weight is 272 g/mol. The summed E-state index contributed by atoms with van der Waals surface area (Å²) >= 11 is 5.92. The fraction of sp³-hybridized carbons (Fsp3) is 0.235. The minimum absolute atomic E-state index is 0.0471. The van der Waals surface area contributed by atoms with Gasteiger partial charge in [-0.25, -0.2) is 0 Å². The molecule has 0 aliphatic heterocycles. The molecule has 19 heavy (non-hydrogen) atoms. The van der Waals surface area contributed by atoms with Gasteiger partial charge in [-0.1, -0.05) is 50.6 Å². The molecule has 98 valence electrons. The Hall–Kier alpha value is -1.69. The predicted molar refractivity (Wildman–Crippen MR) is 82.8 cm³/mol. The summed E-state index contributed by atoms with van der Waals surface area (Å²) < 4.78 is 0. The summed E-state index contributed by atoms with van der Waals surface area (Å²) in [6.07, 6.45) is 5.94. The van der Waals surface area contributed by atoms with E-state index in [-0.39, 0.29) is 5.41 Å². The molecule has 0 bridgehead atoms. The van der Waals surface area contributed by atoms with Gasteiger partial charge in [0.25, 0.3) is 0 Å². The summed E-state index contributed by atoms with van der Waals surface area (Å²) in [7, 11) is 0. The monoisotopic (exact) mass is 271 g/mol. The van der Waals surface area contributed by atoms with Gasteiger partial charge in [-0.15, -0.1) is 5.73 Å². The maximum absolute atomic E-state index is 6.38. The lowest BCUT2D eigenvalue weighted by atomic mass is 9.80. The molecule has 1 aliphatic carbocycles. The molecule has 1 aromatic rings. The first-order valence-electron chi connectivity index (χ1n) is 6.29. The molecule has 0 saturated heterocycles. The van der Waals surface area contributed by atoms with Gasteiger partial charge in [0, 0.05) is 16.3 Å². The molecule has 0 aromatic heterocycles. The van der Waals surface area contributed by atoms with Gasteiger partial charge in [-0.05, 0) is 40.8 Å². The fourth-order valence-corrected chi connectivity index (χ4v) is 2.34. The quantitative estimate of drug-likeness (QED) is 0.775. The zero-order chi connectivity index (χ0) is 14.0. The van der Waals surface area contributed by atoms with Crippen LogP contribution in [-0.4, -0.2) is 0 Å². The van der Waals surface area contributed by atoms with Crippen LogP contribution in [-0.2, 0) is 0 Å². The van der Waals surface area contributed by atoms with Crippen molar-refractivity contribution in [3.63, 3.8) is 0 Å². The van der Waals surface area contributed by atoms with Crippen molar-refractivity contribution < 1.29 is 0 Å². The molecule has 1 aliphatic rings. The zero-order valence-corrected chi connectivity index (χ0v) is 12.3. The van der Waals surface area contributed by atoms with Crippen molar-refractivity contribution in [2.24, 2.45) is 11.1 Å². The van der Waals surface area contributed by atoms with Gasteiger partial charge in [-0.2, -0.15) is 0 Å². The molecule has 0 heterocycles. The van der Waals surface area contributed by atoms with Gasteiger partial charge < -0.3 is 5.73 Å². The lowest BCUT2D eigenvalue weighted by molar-refractivity contribution is 0.514. The van der Waals surface area contributed by atoms with Crippen LogP contribution in [0.25, 0.3) is 5.70 Å². The van der Waals surface area contributed by atoms with Crippen molar-refractivity contribution in [2.45, 2.75) is 20.8 Å². The first-order valence-corrected chi connectivity index (χ1v) is 6.67. The number of halogens is 1. The molecule has 0 unspecified atom stereocenters. The second-order valence-corrected chi connectivity index (χ2v) is 6.07. The van der Waals surface area contributed by atoms with Crippen molar-refractivity contribution in [1.82, 2.24) is 0 Å². The molecule has 1 nitrogen and oxygen atoms in total. The van der Waals surface area contributed by atoms with E-state index in [4.69, 9.17) is 17.3 Å². The lowest BCUT2D eigenvalue weighted by Crippen LogP contribution is -2.16. The molecular formula is C17H18ClN. The van der Waals surface area contributed by atoms with E-state index in [1.165, 1.54) is 0 Å². The third kappa shape index (κ3) is 3.01. The largest absolute Gasteiger partial charge is 0.398 e. The second-order valence-electron chi connectivity index (χ2n) is 5.63. The van der Waals surface area contributed by atoms with Crippen molar-refractivity contribution >= 4 is 17.3 Å². The van der Waals surface area contributed by atoms with E-state index in [2.05, 4.69) is 26.5 Å². The van der Waals surface area contributed by atoms with E-state index in [0.29, 0.717) is 5.02 Å². The zero-order valence-electron chi connectivity index (χ0n) is 11.5. The van der Waals surface area contributed by atoms with Gasteiger partial charge in [0.05, 0.1) is 0 Å². The minimum atomic E-state index is -0.0471. The third-order valence-electron chi connectivity index (χ3n) is 3.04. The van der Waals surface area contributed by atoms with E-state index in [9.17, 15) is 0 Å². The first-order chi connectivity index (χ1) is 8.89. The van der Waals surface area contributed by atoms with Crippen LogP contribution in [0.15, 0.2) is 59.4 Å². The Bertz CT molecular complexity index is 604. The Morgan fingerprint density at radius 1 is 1.16 bits per heavy atom. The normalized spacial score (nSPS) is 15.5. The Kier molecular flexibility index (Phi) is 3.71. The van der Waals surface area contributed by atoms with Gasteiger partial charge >= 0.3 is 0 Å². The lowest BCUT2D eigenvalue weighted by Gasteiger charge is -2.25. The van der Waals surface area contributed by atoms with Crippen molar-refractivity contribution in [3.05, 3.63) is 70.0 Å². The Balaban J connectivity index is 2.58. The molecule has 0 radical (unpaired) electrons. The van der Waals surface area contributed by atoms with Crippen LogP contribution >= 0.6 is 11.6 Å². The molecule has 0 atom stereocenters. The summed E-state index contributed by atoms with van der Waals surface area (Å²) in [6.45, 7) is 6.48. The van der Waals surface area contributed by atoms with Crippen molar-refractivity contribution in [3.8, 4) is 0 Å². The highest BCUT2D eigenvalue weighted by Crippen LogP contribution is 2.36. The third-order valence-corrected chi connectivity index (χ3v) is 3.29. The van der Waals surface area contributed by atoms with Crippen LogP contribution in [0.5, 0.6) is 0 Å². The van der Waals surface area contributed by atoms with E-state index >= 15 is 0 Å². The van der Waals surface area contributed by atoms with E-state index in [1.807, 2.05) is 42.5 Å². The predicted octanol–water partition coefficient (Wildman–Crippen LogP) is 4.71. The molecular weight excluding hydrogens is 254 g/mol. The van der Waals surface area contributed by atoms with Crippen molar-refractivity contribution in [2.75, 3.05) is 0 Å². The summed E-state index contributed by atoms with van der Waals surface area (Å²) in [5.74, 6) is 0. The molecule has 0 spiro atoms. The summed E-state index contributed by atoms with van der Waals surface area (Å²) in [5.41, 5.74) is 13.5. The number of allylic oxidation sites excluding steroid dienone is 4. The van der Waals surface area contributed by atoms with Crippen LogP contribution in [0.1, 0.15) is 26.3 Å². The number of hydrogen-bond donors (Lipinski definition) is 1. The highest BCUT2D eigenvalue weighted by molar-refractivity contribution is 6.30.